The van der Waals surface area contributed by atoms with Crippen LogP contribution in [0.1, 0.15) is 17.2 Å². The third kappa shape index (κ3) is 3.97. The van der Waals surface area contributed by atoms with Gasteiger partial charge in [-0.2, -0.15) is 0 Å². The first-order valence-corrected chi connectivity index (χ1v) is 10.6. The molecule has 4 aromatic rings. The molecule has 1 atom stereocenters. The Bertz CT molecular complexity index is 1310. The molecule has 5 nitrogen and oxygen atoms in total. The lowest BCUT2D eigenvalue weighted by Gasteiger charge is -2.38. The number of aromatic nitrogens is 1. The highest BCUT2D eigenvalue weighted by Gasteiger charge is 2.28. The number of oxazole rings is 1. The summed E-state index contributed by atoms with van der Waals surface area (Å²) in [6.07, 6.45) is 0. The molecule has 0 saturated carbocycles. The molecule has 164 valence electrons. The summed E-state index contributed by atoms with van der Waals surface area (Å²) >= 11 is 0. The second kappa shape index (κ2) is 8.33. The fourth-order valence-electron chi connectivity index (χ4n) is 4.37. The molecule has 1 aliphatic rings. The predicted octanol–water partition coefficient (Wildman–Crippen LogP) is 4.40. The Kier molecular flexibility index (Phi) is 5.36. The Labute approximate surface area is 183 Å². The summed E-state index contributed by atoms with van der Waals surface area (Å²) in [5.74, 6) is -1.14. The number of rotatable bonds is 4. The van der Waals surface area contributed by atoms with Gasteiger partial charge in [-0.25, -0.2) is 13.6 Å². The van der Waals surface area contributed by atoms with E-state index < -0.39 is 5.76 Å². The second-order valence-corrected chi connectivity index (χ2v) is 8.26. The SMILES string of the molecule is CN1CCN(C(c2ccc(F)cc2)c2cc(-c3ccc4[nH]c(=O)oc4c3)ccc2F)CC1. The molecular formula is C25H23F2N3O2. The van der Waals surface area contributed by atoms with E-state index in [0.29, 0.717) is 16.7 Å². The fourth-order valence-corrected chi connectivity index (χ4v) is 4.37. The van der Waals surface area contributed by atoms with Crippen molar-refractivity contribution in [2.45, 2.75) is 6.04 Å². The summed E-state index contributed by atoms with van der Waals surface area (Å²) in [5, 5.41) is 0. The molecule has 5 rings (SSSR count). The van der Waals surface area contributed by atoms with Gasteiger partial charge in [0, 0.05) is 31.7 Å². The smallest absolute Gasteiger partial charge is 0.408 e. The summed E-state index contributed by atoms with van der Waals surface area (Å²) < 4.78 is 34.0. The molecule has 0 amide bonds. The number of halogens is 2. The zero-order chi connectivity index (χ0) is 22.2. The molecule has 0 aliphatic carbocycles. The summed E-state index contributed by atoms with van der Waals surface area (Å²) in [4.78, 5) is 18.6. The van der Waals surface area contributed by atoms with Gasteiger partial charge in [-0.05, 0) is 60.1 Å². The number of aromatic amines is 1. The molecule has 1 N–H and O–H groups in total. The minimum atomic E-state index is -0.511. The normalized spacial score (nSPS) is 16.5. The van der Waals surface area contributed by atoms with Gasteiger partial charge in [0.2, 0.25) is 0 Å². The number of hydrogen-bond donors (Lipinski definition) is 1. The van der Waals surface area contributed by atoms with Crippen molar-refractivity contribution in [2.24, 2.45) is 0 Å². The zero-order valence-corrected chi connectivity index (χ0v) is 17.6. The van der Waals surface area contributed by atoms with Crippen LogP contribution in [0.15, 0.2) is 69.9 Å². The van der Waals surface area contributed by atoms with E-state index in [9.17, 15) is 9.18 Å². The number of piperazine rings is 1. The molecule has 32 heavy (non-hydrogen) atoms. The Balaban J connectivity index is 1.60. The molecule has 0 spiro atoms. The summed E-state index contributed by atoms with van der Waals surface area (Å²) in [5.41, 5.74) is 4.08. The topological polar surface area (TPSA) is 52.5 Å². The Hall–Kier alpha value is -3.29. The maximum Gasteiger partial charge on any atom is 0.417 e. The molecular weight excluding hydrogens is 412 g/mol. The third-order valence-electron chi connectivity index (χ3n) is 6.13. The largest absolute Gasteiger partial charge is 0.417 e. The molecule has 1 aliphatic heterocycles. The van der Waals surface area contributed by atoms with Crippen LogP contribution in [0.3, 0.4) is 0 Å². The van der Waals surface area contributed by atoms with E-state index in [0.717, 1.165) is 42.9 Å². The number of fused-ring (bicyclic) bond motifs is 1. The van der Waals surface area contributed by atoms with E-state index in [1.54, 1.807) is 30.3 Å². The van der Waals surface area contributed by atoms with Crippen LogP contribution in [0.25, 0.3) is 22.2 Å². The van der Waals surface area contributed by atoms with E-state index in [1.165, 1.54) is 18.2 Å². The first-order chi connectivity index (χ1) is 15.5. The van der Waals surface area contributed by atoms with Crippen molar-refractivity contribution in [3.63, 3.8) is 0 Å². The molecule has 2 heterocycles. The van der Waals surface area contributed by atoms with Crippen LogP contribution in [-0.4, -0.2) is 48.0 Å². The first-order valence-electron chi connectivity index (χ1n) is 10.6. The predicted molar refractivity (Wildman–Crippen MR) is 120 cm³/mol. The molecule has 0 bridgehead atoms. The fraction of sp³-hybridized carbons (Fsp3) is 0.240. The number of nitrogens with zero attached hydrogens (tertiary/aromatic N) is 2. The van der Waals surface area contributed by atoms with Crippen molar-refractivity contribution in [2.75, 3.05) is 33.2 Å². The molecule has 1 fully saturated rings. The van der Waals surface area contributed by atoms with Gasteiger partial charge in [-0.15, -0.1) is 0 Å². The second-order valence-electron chi connectivity index (χ2n) is 8.26. The third-order valence-corrected chi connectivity index (χ3v) is 6.13. The highest BCUT2D eigenvalue weighted by molar-refractivity contribution is 5.80. The minimum Gasteiger partial charge on any atom is -0.408 e. The molecule has 1 unspecified atom stereocenters. The maximum atomic E-state index is 15.2. The lowest BCUT2D eigenvalue weighted by molar-refractivity contribution is 0.125. The number of hydrogen-bond acceptors (Lipinski definition) is 4. The van der Waals surface area contributed by atoms with E-state index in [4.69, 9.17) is 4.42 Å². The van der Waals surface area contributed by atoms with Crippen molar-refractivity contribution >= 4 is 11.1 Å². The van der Waals surface area contributed by atoms with E-state index >= 15 is 4.39 Å². The summed E-state index contributed by atoms with van der Waals surface area (Å²) in [6.45, 7) is 3.32. The van der Waals surface area contributed by atoms with Crippen LogP contribution in [0.5, 0.6) is 0 Å². The number of benzene rings is 3. The van der Waals surface area contributed by atoms with Crippen LogP contribution in [0.2, 0.25) is 0 Å². The lowest BCUT2D eigenvalue weighted by atomic mass is 9.92. The Morgan fingerprint density at radius 3 is 2.34 bits per heavy atom. The van der Waals surface area contributed by atoms with Crippen LogP contribution < -0.4 is 5.76 Å². The highest BCUT2D eigenvalue weighted by Crippen LogP contribution is 2.34. The van der Waals surface area contributed by atoms with Crippen LogP contribution in [-0.2, 0) is 0 Å². The number of H-pyrrole nitrogens is 1. The standard InChI is InChI=1S/C25H23F2N3O2/c1-29-10-12-30(13-11-29)24(16-2-6-19(26)7-3-16)20-14-17(4-8-21(20)27)18-5-9-22-23(15-18)32-25(31)28-22/h2-9,14-15,24H,10-13H2,1H3,(H,28,31). The van der Waals surface area contributed by atoms with Crippen molar-refractivity contribution < 1.29 is 13.2 Å². The van der Waals surface area contributed by atoms with Crippen LogP contribution in [0.4, 0.5) is 8.78 Å². The van der Waals surface area contributed by atoms with Gasteiger partial charge in [0.15, 0.2) is 5.58 Å². The quantitative estimate of drug-likeness (QED) is 0.516. The monoisotopic (exact) mass is 435 g/mol. The maximum absolute atomic E-state index is 15.2. The average Bonchev–Trinajstić information content (AvgIpc) is 3.17. The minimum absolute atomic E-state index is 0.309. The van der Waals surface area contributed by atoms with E-state index in [-0.39, 0.29) is 17.7 Å². The average molecular weight is 435 g/mol. The van der Waals surface area contributed by atoms with Crippen LogP contribution >= 0.6 is 0 Å². The van der Waals surface area contributed by atoms with E-state index in [2.05, 4.69) is 21.8 Å². The molecule has 1 aromatic heterocycles. The molecule has 3 aromatic carbocycles. The number of likely N-dealkylation sites (N-methyl/N-ethyl adjacent to an activating group) is 1. The lowest BCUT2D eigenvalue weighted by Crippen LogP contribution is -2.46. The van der Waals surface area contributed by atoms with Gasteiger partial charge < -0.3 is 9.32 Å². The highest BCUT2D eigenvalue weighted by atomic mass is 19.1. The van der Waals surface area contributed by atoms with Crippen molar-refractivity contribution in [1.82, 2.24) is 14.8 Å². The van der Waals surface area contributed by atoms with E-state index in [1.807, 2.05) is 12.1 Å². The first kappa shape index (κ1) is 20.6. The van der Waals surface area contributed by atoms with Gasteiger partial charge in [-0.1, -0.05) is 24.3 Å². The van der Waals surface area contributed by atoms with Crippen molar-refractivity contribution in [3.8, 4) is 11.1 Å². The molecule has 0 radical (unpaired) electrons. The summed E-state index contributed by atoms with van der Waals surface area (Å²) in [6, 6.07) is 16.4. The van der Waals surface area contributed by atoms with Crippen molar-refractivity contribution in [3.05, 3.63) is 94.0 Å². The Morgan fingerprint density at radius 1 is 0.906 bits per heavy atom. The van der Waals surface area contributed by atoms with Gasteiger partial charge in [0.05, 0.1) is 11.6 Å². The van der Waals surface area contributed by atoms with Gasteiger partial charge >= 0.3 is 5.76 Å². The molecule has 1 saturated heterocycles. The van der Waals surface area contributed by atoms with Crippen LogP contribution in [0, 0.1) is 11.6 Å². The number of nitrogens with one attached hydrogen (secondary N) is 1. The molecule has 7 heteroatoms. The zero-order valence-electron chi connectivity index (χ0n) is 17.6. The van der Waals surface area contributed by atoms with Gasteiger partial charge in [-0.3, -0.25) is 9.88 Å². The Morgan fingerprint density at radius 2 is 1.59 bits per heavy atom. The van der Waals surface area contributed by atoms with Crippen molar-refractivity contribution in [1.29, 1.82) is 0 Å². The van der Waals surface area contributed by atoms with Gasteiger partial charge in [0.1, 0.15) is 11.6 Å². The summed E-state index contributed by atoms with van der Waals surface area (Å²) in [7, 11) is 2.07. The van der Waals surface area contributed by atoms with Gasteiger partial charge in [0.25, 0.3) is 0 Å².